The predicted molar refractivity (Wildman–Crippen MR) is 65.8 cm³/mol. The number of aromatic hydroxyl groups is 1. The Bertz CT molecular complexity index is 350. The Balaban J connectivity index is 2.58. The number of halogens is 1. The van der Waals surface area contributed by atoms with Gasteiger partial charge >= 0.3 is 5.97 Å². The number of ether oxygens (including phenoxy) is 1. The molecule has 0 amide bonds. The van der Waals surface area contributed by atoms with Crippen LogP contribution in [0, 0.1) is 3.57 Å². The number of benzene rings is 1. The van der Waals surface area contributed by atoms with Crippen molar-refractivity contribution in [3.63, 3.8) is 0 Å². The third-order valence-corrected chi connectivity index (χ3v) is 2.84. The molecule has 0 fully saturated rings. The van der Waals surface area contributed by atoms with Crippen LogP contribution in [0.25, 0.3) is 0 Å². The lowest BCUT2D eigenvalue weighted by Crippen LogP contribution is -2.05. The van der Waals surface area contributed by atoms with Crippen LogP contribution in [0.4, 0.5) is 0 Å². The van der Waals surface area contributed by atoms with E-state index in [9.17, 15) is 9.90 Å². The van der Waals surface area contributed by atoms with Gasteiger partial charge in [0, 0.05) is 6.42 Å². The minimum Gasteiger partial charge on any atom is -0.507 e. The lowest BCUT2D eigenvalue weighted by atomic mass is 10.1. The van der Waals surface area contributed by atoms with Gasteiger partial charge in [-0.15, -0.1) is 0 Å². The highest BCUT2D eigenvalue weighted by molar-refractivity contribution is 14.1. The van der Waals surface area contributed by atoms with E-state index in [0.717, 1.165) is 9.13 Å². The average Bonchev–Trinajstić information content (AvgIpc) is 2.21. The molecule has 0 saturated heterocycles. The molecule has 0 aliphatic heterocycles. The Morgan fingerprint density at radius 1 is 1.53 bits per heavy atom. The topological polar surface area (TPSA) is 46.5 Å². The molecule has 0 spiro atoms. The standard InChI is InChI=1S/C11H13IO3/c1-2-15-10(13)7-6-8-4-3-5-9(12)11(8)14/h3-5,14H,2,6-7H2,1H3. The van der Waals surface area contributed by atoms with Gasteiger partial charge in [0.25, 0.3) is 0 Å². The molecule has 1 N–H and O–H groups in total. The Labute approximate surface area is 103 Å². The zero-order chi connectivity index (χ0) is 11.3. The maximum atomic E-state index is 11.1. The summed E-state index contributed by atoms with van der Waals surface area (Å²) < 4.78 is 5.61. The average molecular weight is 320 g/mol. The second-order valence-corrected chi connectivity index (χ2v) is 4.21. The summed E-state index contributed by atoms with van der Waals surface area (Å²) in [4.78, 5) is 11.1. The number of rotatable bonds is 4. The van der Waals surface area contributed by atoms with E-state index >= 15 is 0 Å². The van der Waals surface area contributed by atoms with Crippen LogP contribution in [0.15, 0.2) is 18.2 Å². The van der Waals surface area contributed by atoms with Crippen LogP contribution in [0.3, 0.4) is 0 Å². The minimum atomic E-state index is -0.226. The highest BCUT2D eigenvalue weighted by atomic mass is 127. The van der Waals surface area contributed by atoms with E-state index in [2.05, 4.69) is 22.6 Å². The fourth-order valence-electron chi connectivity index (χ4n) is 1.23. The van der Waals surface area contributed by atoms with Crippen LogP contribution < -0.4 is 0 Å². The van der Waals surface area contributed by atoms with Gasteiger partial charge in [-0.3, -0.25) is 4.79 Å². The molecular formula is C11H13IO3. The Morgan fingerprint density at radius 3 is 2.93 bits per heavy atom. The summed E-state index contributed by atoms with van der Waals surface area (Å²) >= 11 is 2.06. The first-order valence-electron chi connectivity index (χ1n) is 4.77. The zero-order valence-corrected chi connectivity index (χ0v) is 10.7. The van der Waals surface area contributed by atoms with E-state index < -0.39 is 0 Å². The fourth-order valence-corrected chi connectivity index (χ4v) is 1.79. The van der Waals surface area contributed by atoms with E-state index in [1.165, 1.54) is 0 Å². The summed E-state index contributed by atoms with van der Waals surface area (Å²) in [6, 6.07) is 5.50. The number of carbonyl (C=O) groups excluding carboxylic acids is 1. The first kappa shape index (κ1) is 12.3. The van der Waals surface area contributed by atoms with Gasteiger partial charge in [-0.1, -0.05) is 12.1 Å². The smallest absolute Gasteiger partial charge is 0.306 e. The molecule has 0 aliphatic carbocycles. The lowest BCUT2D eigenvalue weighted by molar-refractivity contribution is -0.143. The summed E-state index contributed by atoms with van der Waals surface area (Å²) in [6.45, 7) is 2.18. The van der Waals surface area contributed by atoms with E-state index in [-0.39, 0.29) is 11.7 Å². The summed E-state index contributed by atoms with van der Waals surface area (Å²) in [5.41, 5.74) is 0.787. The molecular weight excluding hydrogens is 307 g/mol. The number of para-hydroxylation sites is 1. The normalized spacial score (nSPS) is 10.0. The number of phenols is 1. The van der Waals surface area contributed by atoms with Gasteiger partial charge in [-0.2, -0.15) is 0 Å². The van der Waals surface area contributed by atoms with E-state index in [4.69, 9.17) is 4.74 Å². The highest BCUT2D eigenvalue weighted by Gasteiger charge is 2.07. The molecule has 1 rings (SSSR count). The molecule has 0 radical (unpaired) electrons. The van der Waals surface area contributed by atoms with Crippen LogP contribution >= 0.6 is 22.6 Å². The van der Waals surface area contributed by atoms with Crippen molar-refractivity contribution in [3.8, 4) is 5.75 Å². The monoisotopic (exact) mass is 320 g/mol. The summed E-state index contributed by atoms with van der Waals surface area (Å²) in [5.74, 6) is 0.0400. The minimum absolute atomic E-state index is 0.226. The van der Waals surface area contributed by atoms with E-state index in [1.807, 2.05) is 18.2 Å². The van der Waals surface area contributed by atoms with Crippen LogP contribution in [-0.2, 0) is 16.0 Å². The molecule has 0 heterocycles. The zero-order valence-electron chi connectivity index (χ0n) is 8.50. The molecule has 15 heavy (non-hydrogen) atoms. The van der Waals surface area contributed by atoms with Gasteiger partial charge in [0.05, 0.1) is 10.2 Å². The van der Waals surface area contributed by atoms with Gasteiger partial charge in [-0.25, -0.2) is 0 Å². The molecule has 0 aliphatic rings. The molecule has 0 bridgehead atoms. The van der Waals surface area contributed by atoms with Crippen molar-refractivity contribution in [2.45, 2.75) is 19.8 Å². The molecule has 4 heteroatoms. The second-order valence-electron chi connectivity index (χ2n) is 3.05. The number of esters is 1. The van der Waals surface area contributed by atoms with Gasteiger partial charge < -0.3 is 9.84 Å². The molecule has 0 aromatic heterocycles. The number of aryl methyl sites for hydroxylation is 1. The highest BCUT2D eigenvalue weighted by Crippen LogP contribution is 2.24. The summed E-state index contributed by atoms with van der Waals surface area (Å²) in [6.07, 6.45) is 0.822. The van der Waals surface area contributed by atoms with Crippen molar-refractivity contribution in [1.82, 2.24) is 0 Å². The van der Waals surface area contributed by atoms with Crippen molar-refractivity contribution in [1.29, 1.82) is 0 Å². The van der Waals surface area contributed by atoms with Gasteiger partial charge in [0.15, 0.2) is 0 Å². The largest absolute Gasteiger partial charge is 0.507 e. The molecule has 1 aromatic rings. The van der Waals surface area contributed by atoms with E-state index in [0.29, 0.717) is 19.4 Å². The summed E-state index contributed by atoms with van der Waals surface area (Å²) in [7, 11) is 0. The Hall–Kier alpha value is -0.780. The number of carbonyl (C=O) groups is 1. The third-order valence-electron chi connectivity index (χ3n) is 1.97. The lowest BCUT2D eigenvalue weighted by Gasteiger charge is -2.05. The van der Waals surface area contributed by atoms with Crippen LogP contribution in [0.2, 0.25) is 0 Å². The van der Waals surface area contributed by atoms with Crippen molar-refractivity contribution in [3.05, 3.63) is 27.3 Å². The summed E-state index contributed by atoms with van der Waals surface area (Å²) in [5, 5.41) is 9.68. The maximum absolute atomic E-state index is 11.1. The maximum Gasteiger partial charge on any atom is 0.306 e. The molecule has 1 aromatic carbocycles. The van der Waals surface area contributed by atoms with Crippen LogP contribution in [0.1, 0.15) is 18.9 Å². The molecule has 82 valence electrons. The van der Waals surface area contributed by atoms with Crippen LogP contribution in [0.5, 0.6) is 5.75 Å². The third kappa shape index (κ3) is 3.70. The van der Waals surface area contributed by atoms with Gasteiger partial charge in [0.1, 0.15) is 5.75 Å². The molecule has 0 unspecified atom stereocenters. The van der Waals surface area contributed by atoms with Crippen molar-refractivity contribution < 1.29 is 14.6 Å². The number of hydrogen-bond acceptors (Lipinski definition) is 3. The van der Waals surface area contributed by atoms with Gasteiger partial charge in [-0.05, 0) is 47.6 Å². The molecule has 3 nitrogen and oxygen atoms in total. The Kier molecular flexibility index (Phi) is 4.87. The molecule has 0 saturated carbocycles. The number of hydrogen-bond donors (Lipinski definition) is 1. The number of phenolic OH excluding ortho intramolecular Hbond substituents is 1. The van der Waals surface area contributed by atoms with Crippen molar-refractivity contribution in [2.75, 3.05) is 6.61 Å². The van der Waals surface area contributed by atoms with Crippen LogP contribution in [-0.4, -0.2) is 17.7 Å². The van der Waals surface area contributed by atoms with Crippen molar-refractivity contribution in [2.24, 2.45) is 0 Å². The quantitative estimate of drug-likeness (QED) is 0.685. The Morgan fingerprint density at radius 2 is 2.27 bits per heavy atom. The van der Waals surface area contributed by atoms with Gasteiger partial charge in [0.2, 0.25) is 0 Å². The van der Waals surface area contributed by atoms with E-state index in [1.54, 1.807) is 6.92 Å². The first-order valence-corrected chi connectivity index (χ1v) is 5.85. The van der Waals surface area contributed by atoms with Crippen molar-refractivity contribution >= 4 is 28.6 Å². The molecule has 0 atom stereocenters. The SMILES string of the molecule is CCOC(=O)CCc1cccc(I)c1O. The predicted octanol–water partition coefficient (Wildman–Crippen LogP) is 2.49. The second kappa shape index (κ2) is 5.95. The first-order chi connectivity index (χ1) is 7.15. The fraction of sp³-hybridized carbons (Fsp3) is 0.364.